The van der Waals surface area contributed by atoms with E-state index in [-0.39, 0.29) is 0 Å². The normalized spacial score (nSPS) is 9.95. The monoisotopic (exact) mass is 256 g/mol. The van der Waals surface area contributed by atoms with Crippen LogP contribution in [0, 0.1) is 0 Å². The average Bonchev–Trinajstić information content (AvgIpc) is 2.46. The minimum atomic E-state index is 0.487. The van der Waals surface area contributed by atoms with Gasteiger partial charge in [-0.05, 0) is 17.7 Å². The van der Waals surface area contributed by atoms with Gasteiger partial charge in [0.15, 0.2) is 0 Å². The van der Waals surface area contributed by atoms with E-state index in [4.69, 9.17) is 10.5 Å². The Bertz CT molecular complexity index is 555. The van der Waals surface area contributed by atoms with Crippen molar-refractivity contribution in [3.8, 4) is 5.75 Å². The van der Waals surface area contributed by atoms with E-state index in [0.717, 1.165) is 12.0 Å². The van der Waals surface area contributed by atoms with Gasteiger partial charge in [0.05, 0.1) is 25.0 Å². The van der Waals surface area contributed by atoms with Crippen molar-refractivity contribution in [3.05, 3.63) is 54.1 Å². The lowest BCUT2D eigenvalue weighted by molar-refractivity contribution is -0.107. The molecule has 0 atom stereocenters. The van der Waals surface area contributed by atoms with E-state index in [9.17, 15) is 4.79 Å². The molecule has 0 saturated carbocycles. The number of rotatable bonds is 5. The van der Waals surface area contributed by atoms with Crippen LogP contribution < -0.4 is 15.4 Å². The molecule has 0 saturated heterocycles. The highest BCUT2D eigenvalue weighted by Gasteiger charge is 2.10. The first-order valence-corrected chi connectivity index (χ1v) is 5.94. The molecule has 2 aromatic rings. The second kappa shape index (κ2) is 5.91. The molecule has 4 nitrogen and oxygen atoms in total. The number of hydrogen-bond acceptors (Lipinski definition) is 3. The Morgan fingerprint density at radius 2 is 1.95 bits per heavy atom. The Labute approximate surface area is 112 Å². The maximum Gasteiger partial charge on any atom is 0.214 e. The van der Waals surface area contributed by atoms with Gasteiger partial charge >= 0.3 is 0 Å². The minimum absolute atomic E-state index is 0.487. The van der Waals surface area contributed by atoms with E-state index < -0.39 is 0 Å². The van der Waals surface area contributed by atoms with Crippen LogP contribution in [0.5, 0.6) is 5.75 Å². The fourth-order valence-electron chi connectivity index (χ4n) is 1.88. The van der Waals surface area contributed by atoms with Gasteiger partial charge in [0.1, 0.15) is 5.75 Å². The summed E-state index contributed by atoms with van der Waals surface area (Å²) in [6, 6.07) is 15.0. The highest BCUT2D eigenvalue weighted by molar-refractivity contribution is 5.83. The second-order valence-corrected chi connectivity index (χ2v) is 4.14. The number of hydrogen-bond donors (Lipinski definition) is 1. The number of ether oxygens (including phenoxy) is 1. The van der Waals surface area contributed by atoms with Crippen LogP contribution >= 0.6 is 0 Å². The maximum absolute atomic E-state index is 11.3. The molecular formula is C15H16N2O2. The zero-order chi connectivity index (χ0) is 13.7. The van der Waals surface area contributed by atoms with Crippen LogP contribution in [0.25, 0.3) is 0 Å². The Hall–Kier alpha value is -2.49. The highest BCUT2D eigenvalue weighted by atomic mass is 16.5. The predicted molar refractivity (Wildman–Crippen MR) is 76.1 cm³/mol. The van der Waals surface area contributed by atoms with Gasteiger partial charge in [-0.2, -0.15) is 0 Å². The van der Waals surface area contributed by atoms with E-state index >= 15 is 0 Å². The number of methoxy groups -OCH3 is 1. The number of benzene rings is 2. The first-order chi connectivity index (χ1) is 9.24. The zero-order valence-electron chi connectivity index (χ0n) is 10.7. The molecule has 4 heteroatoms. The van der Waals surface area contributed by atoms with Gasteiger partial charge in [-0.15, -0.1) is 0 Å². The molecule has 0 aromatic heterocycles. The first-order valence-electron chi connectivity index (χ1n) is 5.94. The third-order valence-corrected chi connectivity index (χ3v) is 2.87. The summed E-state index contributed by atoms with van der Waals surface area (Å²) >= 11 is 0. The summed E-state index contributed by atoms with van der Waals surface area (Å²) in [5.74, 6) is 0.673. The molecule has 0 bridgehead atoms. The fourth-order valence-corrected chi connectivity index (χ4v) is 1.88. The van der Waals surface area contributed by atoms with E-state index in [1.54, 1.807) is 30.2 Å². The van der Waals surface area contributed by atoms with E-state index in [1.165, 1.54) is 0 Å². The van der Waals surface area contributed by atoms with E-state index in [2.05, 4.69) is 0 Å². The number of nitrogens with zero attached hydrogens (tertiary/aromatic N) is 1. The Kier molecular flexibility index (Phi) is 4.03. The number of anilines is 2. The van der Waals surface area contributed by atoms with Crippen molar-refractivity contribution >= 4 is 17.8 Å². The SMILES string of the molecule is COc1ccc(N(C=O)Cc2ccccc2)c(N)c1. The van der Waals surface area contributed by atoms with Crippen molar-refractivity contribution in [2.45, 2.75) is 6.54 Å². The number of amides is 1. The molecule has 0 aliphatic heterocycles. The third kappa shape index (κ3) is 3.04. The average molecular weight is 256 g/mol. The Balaban J connectivity index is 2.25. The molecule has 2 aromatic carbocycles. The second-order valence-electron chi connectivity index (χ2n) is 4.14. The quantitative estimate of drug-likeness (QED) is 0.660. The lowest BCUT2D eigenvalue weighted by Crippen LogP contribution is -2.21. The molecule has 0 fully saturated rings. The minimum Gasteiger partial charge on any atom is -0.497 e. The van der Waals surface area contributed by atoms with Gasteiger partial charge < -0.3 is 15.4 Å². The van der Waals surface area contributed by atoms with Crippen LogP contribution in [0.15, 0.2) is 48.5 Å². The van der Waals surface area contributed by atoms with Gasteiger partial charge in [0, 0.05) is 6.07 Å². The van der Waals surface area contributed by atoms with E-state index in [1.807, 2.05) is 30.3 Å². The third-order valence-electron chi connectivity index (χ3n) is 2.87. The van der Waals surface area contributed by atoms with Crippen molar-refractivity contribution in [2.75, 3.05) is 17.7 Å². The smallest absolute Gasteiger partial charge is 0.214 e. The number of carbonyl (C=O) groups is 1. The van der Waals surface area contributed by atoms with Crippen LogP contribution in [0.3, 0.4) is 0 Å². The number of carbonyl (C=O) groups excluding carboxylic acids is 1. The van der Waals surface area contributed by atoms with Crippen molar-refractivity contribution < 1.29 is 9.53 Å². The van der Waals surface area contributed by atoms with Crippen LogP contribution in [0.1, 0.15) is 5.56 Å². The first kappa shape index (κ1) is 13.0. The summed E-state index contributed by atoms with van der Waals surface area (Å²) < 4.78 is 5.09. The lowest BCUT2D eigenvalue weighted by atomic mass is 10.2. The van der Waals surface area contributed by atoms with Crippen LogP contribution in [0.4, 0.5) is 11.4 Å². The van der Waals surface area contributed by atoms with Crippen LogP contribution in [-0.2, 0) is 11.3 Å². The molecule has 0 aliphatic carbocycles. The summed E-state index contributed by atoms with van der Waals surface area (Å²) in [5, 5.41) is 0. The summed E-state index contributed by atoms with van der Waals surface area (Å²) in [6.45, 7) is 0.487. The summed E-state index contributed by atoms with van der Waals surface area (Å²) in [7, 11) is 1.58. The van der Waals surface area contributed by atoms with Gasteiger partial charge in [0.2, 0.25) is 6.41 Å². The molecule has 98 valence electrons. The largest absolute Gasteiger partial charge is 0.497 e. The molecule has 0 unspecified atom stereocenters. The van der Waals surface area contributed by atoms with Crippen molar-refractivity contribution in [1.29, 1.82) is 0 Å². The molecule has 0 spiro atoms. The molecule has 0 heterocycles. The highest BCUT2D eigenvalue weighted by Crippen LogP contribution is 2.27. The standard InChI is InChI=1S/C15H16N2O2/c1-19-13-7-8-15(14(16)9-13)17(11-18)10-12-5-3-2-4-6-12/h2-9,11H,10,16H2,1H3. The van der Waals surface area contributed by atoms with Crippen LogP contribution in [0.2, 0.25) is 0 Å². The van der Waals surface area contributed by atoms with Crippen molar-refractivity contribution in [3.63, 3.8) is 0 Å². The summed E-state index contributed by atoms with van der Waals surface area (Å²) in [6.07, 6.45) is 0.783. The Morgan fingerprint density at radius 1 is 1.21 bits per heavy atom. The lowest BCUT2D eigenvalue weighted by Gasteiger charge is -2.19. The Morgan fingerprint density at radius 3 is 2.53 bits per heavy atom. The van der Waals surface area contributed by atoms with Crippen molar-refractivity contribution in [2.24, 2.45) is 0 Å². The number of nitrogens with two attached hydrogens (primary N) is 1. The summed E-state index contributed by atoms with van der Waals surface area (Å²) in [5.41, 5.74) is 8.19. The summed E-state index contributed by atoms with van der Waals surface area (Å²) in [4.78, 5) is 12.8. The molecule has 1 amide bonds. The molecule has 2 rings (SSSR count). The van der Waals surface area contributed by atoms with Gasteiger partial charge in [0.25, 0.3) is 0 Å². The van der Waals surface area contributed by atoms with Gasteiger partial charge in [-0.1, -0.05) is 30.3 Å². The van der Waals surface area contributed by atoms with Gasteiger partial charge in [-0.25, -0.2) is 0 Å². The van der Waals surface area contributed by atoms with Gasteiger partial charge in [-0.3, -0.25) is 4.79 Å². The molecule has 2 N–H and O–H groups in total. The molecular weight excluding hydrogens is 240 g/mol. The predicted octanol–water partition coefficient (Wildman–Crippen LogP) is 2.44. The topological polar surface area (TPSA) is 55.6 Å². The molecule has 0 aliphatic rings. The zero-order valence-corrected chi connectivity index (χ0v) is 10.7. The van der Waals surface area contributed by atoms with E-state index in [0.29, 0.717) is 23.7 Å². The molecule has 19 heavy (non-hydrogen) atoms. The molecule has 0 radical (unpaired) electrons. The fraction of sp³-hybridized carbons (Fsp3) is 0.133. The van der Waals surface area contributed by atoms with Crippen molar-refractivity contribution in [1.82, 2.24) is 0 Å². The maximum atomic E-state index is 11.3. The van der Waals surface area contributed by atoms with Crippen LogP contribution in [-0.4, -0.2) is 13.5 Å². The number of nitrogen functional groups attached to an aromatic ring is 1.